The molecule has 0 radical (unpaired) electrons. The fourth-order valence-corrected chi connectivity index (χ4v) is 4.58. The molecular weight excluding hydrogens is 280 g/mol. The summed E-state index contributed by atoms with van der Waals surface area (Å²) in [7, 11) is 1.98. The van der Waals surface area contributed by atoms with Gasteiger partial charge in [0.25, 0.3) is 0 Å². The minimum Gasteiger partial charge on any atom is -0.377 e. The van der Waals surface area contributed by atoms with E-state index in [1.165, 1.54) is 75.7 Å². The van der Waals surface area contributed by atoms with Gasteiger partial charge >= 0.3 is 0 Å². The lowest BCUT2D eigenvalue weighted by Crippen LogP contribution is -2.44. The molecule has 2 aliphatic rings. The number of hydrogen-bond acceptors (Lipinski definition) is 5. The monoisotopic (exact) mass is 308 g/mol. The second kappa shape index (κ2) is 7.54. The van der Waals surface area contributed by atoms with E-state index in [4.69, 9.17) is 0 Å². The lowest BCUT2D eigenvalue weighted by atomic mass is 9.88. The highest BCUT2D eigenvalue weighted by molar-refractivity contribution is 7.10. The van der Waals surface area contributed by atoms with E-state index in [1.54, 1.807) is 0 Å². The molecule has 0 atom stereocenters. The first-order valence-corrected chi connectivity index (χ1v) is 9.40. The molecule has 1 N–H and O–H groups in total. The lowest BCUT2D eigenvalue weighted by molar-refractivity contribution is 0.0720. The van der Waals surface area contributed by atoms with Crippen LogP contribution < -0.4 is 5.32 Å². The summed E-state index contributed by atoms with van der Waals surface area (Å²) in [6.45, 7) is 0.988. The average Bonchev–Trinajstić information content (AvgIpc) is 3.01. The van der Waals surface area contributed by atoms with Crippen LogP contribution in [0.3, 0.4) is 0 Å². The van der Waals surface area contributed by atoms with Gasteiger partial charge in [-0.05, 0) is 25.7 Å². The molecule has 0 aromatic carbocycles. The predicted octanol–water partition coefficient (Wildman–Crippen LogP) is 4.05. The Morgan fingerprint density at radius 2 is 1.57 bits per heavy atom. The van der Waals surface area contributed by atoms with Crippen LogP contribution in [0.15, 0.2) is 0 Å². The Labute approximate surface area is 132 Å². The minimum atomic E-state index is 0.772. The molecule has 1 aromatic rings. The second-order valence-corrected chi connectivity index (χ2v) is 7.31. The van der Waals surface area contributed by atoms with Crippen LogP contribution in [0.2, 0.25) is 0 Å². The standard InChI is InChI=1S/C16H28N4S/c1-17-16-15(18-19-21-16)12-20(13-8-4-2-5-9-13)14-10-6-3-7-11-14/h13-14,17H,2-12H2,1H3. The van der Waals surface area contributed by atoms with Gasteiger partial charge in [0.1, 0.15) is 10.7 Å². The van der Waals surface area contributed by atoms with Gasteiger partial charge in [-0.3, -0.25) is 4.90 Å². The van der Waals surface area contributed by atoms with E-state index in [1.807, 2.05) is 7.05 Å². The summed E-state index contributed by atoms with van der Waals surface area (Å²) >= 11 is 1.49. The highest BCUT2D eigenvalue weighted by Crippen LogP contribution is 2.32. The third kappa shape index (κ3) is 3.75. The van der Waals surface area contributed by atoms with Crippen LogP contribution in [0.4, 0.5) is 5.00 Å². The number of nitrogens with one attached hydrogen (secondary N) is 1. The molecule has 0 saturated heterocycles. The summed E-state index contributed by atoms with van der Waals surface area (Å²) in [6.07, 6.45) is 14.0. The molecule has 0 amide bonds. The van der Waals surface area contributed by atoms with Gasteiger partial charge in [-0.25, -0.2) is 0 Å². The van der Waals surface area contributed by atoms with Gasteiger partial charge in [0.15, 0.2) is 0 Å². The van der Waals surface area contributed by atoms with Crippen LogP contribution in [0.1, 0.15) is 69.9 Å². The Hall–Kier alpha value is -0.680. The van der Waals surface area contributed by atoms with Crippen LogP contribution in [-0.4, -0.2) is 33.6 Å². The summed E-state index contributed by atoms with van der Waals surface area (Å²) in [5.41, 5.74) is 1.15. The van der Waals surface area contributed by atoms with Gasteiger partial charge in [-0.15, -0.1) is 5.10 Å². The van der Waals surface area contributed by atoms with Crippen molar-refractivity contribution in [3.05, 3.63) is 5.69 Å². The molecule has 2 fully saturated rings. The SMILES string of the molecule is CNc1snnc1CN(C1CCCCC1)C1CCCCC1. The summed E-state index contributed by atoms with van der Waals surface area (Å²) in [5, 5.41) is 8.78. The fourth-order valence-electron chi connectivity index (χ4n) is 4.06. The number of rotatable bonds is 5. The molecule has 3 rings (SSSR count). The number of anilines is 1. The molecule has 1 heterocycles. The normalized spacial score (nSPS) is 21.8. The van der Waals surface area contributed by atoms with Crippen molar-refractivity contribution in [2.24, 2.45) is 0 Å². The third-order valence-corrected chi connectivity index (χ3v) is 5.99. The van der Waals surface area contributed by atoms with E-state index in [-0.39, 0.29) is 0 Å². The maximum Gasteiger partial charge on any atom is 0.134 e. The van der Waals surface area contributed by atoms with E-state index in [9.17, 15) is 0 Å². The molecule has 2 aliphatic carbocycles. The molecule has 2 saturated carbocycles. The quantitative estimate of drug-likeness (QED) is 0.891. The number of hydrogen-bond donors (Lipinski definition) is 1. The van der Waals surface area contributed by atoms with Gasteiger partial charge < -0.3 is 5.32 Å². The molecular formula is C16H28N4S. The fraction of sp³-hybridized carbons (Fsp3) is 0.875. The van der Waals surface area contributed by atoms with Crippen LogP contribution in [0.25, 0.3) is 0 Å². The summed E-state index contributed by atoms with van der Waals surface area (Å²) in [4.78, 5) is 2.79. The van der Waals surface area contributed by atoms with Gasteiger partial charge in [-0.1, -0.05) is 43.0 Å². The van der Waals surface area contributed by atoms with Gasteiger partial charge in [0.2, 0.25) is 0 Å². The lowest BCUT2D eigenvalue weighted by Gasteiger charge is -2.41. The Balaban J connectivity index is 1.74. The average molecular weight is 308 g/mol. The number of nitrogens with zero attached hydrogens (tertiary/aromatic N) is 3. The van der Waals surface area contributed by atoms with Gasteiger partial charge in [0, 0.05) is 37.2 Å². The van der Waals surface area contributed by atoms with Gasteiger partial charge in [-0.2, -0.15) is 0 Å². The summed E-state index contributed by atoms with van der Waals surface area (Å²) in [5.74, 6) is 0. The Kier molecular flexibility index (Phi) is 5.47. The highest BCUT2D eigenvalue weighted by Gasteiger charge is 2.30. The molecule has 4 nitrogen and oxygen atoms in total. The van der Waals surface area contributed by atoms with Crippen LogP contribution in [0.5, 0.6) is 0 Å². The van der Waals surface area contributed by atoms with Crippen LogP contribution in [-0.2, 0) is 6.54 Å². The second-order valence-electron chi connectivity index (χ2n) is 6.55. The van der Waals surface area contributed by atoms with Crippen LogP contribution in [0, 0.1) is 0 Å². The molecule has 118 valence electrons. The molecule has 5 heteroatoms. The maximum absolute atomic E-state index is 4.38. The zero-order valence-electron chi connectivity index (χ0n) is 13.2. The Morgan fingerprint density at radius 3 is 2.10 bits per heavy atom. The Bertz CT molecular complexity index is 404. The molecule has 0 unspecified atom stereocenters. The van der Waals surface area contributed by atoms with E-state index in [0.29, 0.717) is 0 Å². The van der Waals surface area contributed by atoms with Crippen molar-refractivity contribution in [1.29, 1.82) is 0 Å². The van der Waals surface area contributed by atoms with Crippen molar-refractivity contribution in [3.63, 3.8) is 0 Å². The molecule has 0 bridgehead atoms. The first-order chi connectivity index (χ1) is 10.4. The summed E-state index contributed by atoms with van der Waals surface area (Å²) < 4.78 is 4.14. The van der Waals surface area contributed by atoms with Crippen molar-refractivity contribution in [3.8, 4) is 0 Å². The zero-order valence-corrected chi connectivity index (χ0v) is 14.0. The first-order valence-electron chi connectivity index (χ1n) is 8.63. The molecule has 0 aliphatic heterocycles. The topological polar surface area (TPSA) is 41.1 Å². The van der Waals surface area contributed by atoms with E-state index in [0.717, 1.165) is 29.3 Å². The van der Waals surface area contributed by atoms with Crippen molar-refractivity contribution < 1.29 is 0 Å². The highest BCUT2D eigenvalue weighted by atomic mass is 32.1. The number of aromatic nitrogens is 2. The van der Waals surface area contributed by atoms with E-state index >= 15 is 0 Å². The first kappa shape index (κ1) is 15.2. The van der Waals surface area contributed by atoms with Crippen molar-refractivity contribution >= 4 is 16.5 Å². The van der Waals surface area contributed by atoms with Gasteiger partial charge in [0.05, 0.1) is 0 Å². The predicted molar refractivity (Wildman–Crippen MR) is 88.7 cm³/mol. The van der Waals surface area contributed by atoms with Crippen molar-refractivity contribution in [1.82, 2.24) is 14.5 Å². The van der Waals surface area contributed by atoms with E-state index in [2.05, 4.69) is 19.8 Å². The zero-order chi connectivity index (χ0) is 14.5. The third-order valence-electron chi connectivity index (χ3n) is 5.20. The minimum absolute atomic E-state index is 0.772. The smallest absolute Gasteiger partial charge is 0.134 e. The Morgan fingerprint density at radius 1 is 1.00 bits per heavy atom. The van der Waals surface area contributed by atoms with Crippen molar-refractivity contribution in [2.75, 3.05) is 12.4 Å². The van der Waals surface area contributed by atoms with Crippen molar-refractivity contribution in [2.45, 2.75) is 82.8 Å². The van der Waals surface area contributed by atoms with E-state index < -0.39 is 0 Å². The summed E-state index contributed by atoms with van der Waals surface area (Å²) in [6, 6.07) is 1.54. The largest absolute Gasteiger partial charge is 0.377 e. The maximum atomic E-state index is 4.38. The molecule has 1 aromatic heterocycles. The molecule has 0 spiro atoms. The molecule has 21 heavy (non-hydrogen) atoms. The van der Waals surface area contributed by atoms with Crippen LogP contribution >= 0.6 is 11.5 Å².